The monoisotopic (exact) mass is 180 g/mol. The Hall–Kier alpha value is -1.03. The van der Waals surface area contributed by atoms with Crippen LogP contribution in [-0.4, -0.2) is 16.3 Å². The van der Waals surface area contributed by atoms with Gasteiger partial charge in [-0.3, -0.25) is 0 Å². The molecule has 0 bridgehead atoms. The first kappa shape index (κ1) is 8.56. The molecule has 4 nitrogen and oxygen atoms in total. The lowest BCUT2D eigenvalue weighted by molar-refractivity contribution is 0.293. The van der Waals surface area contributed by atoms with Crippen molar-refractivity contribution in [2.24, 2.45) is 5.73 Å². The summed E-state index contributed by atoms with van der Waals surface area (Å²) >= 11 is 0. The van der Waals surface area contributed by atoms with Crippen LogP contribution in [0.25, 0.3) is 0 Å². The summed E-state index contributed by atoms with van der Waals surface area (Å²) in [6.07, 6.45) is 6.41. The molecule has 13 heavy (non-hydrogen) atoms. The van der Waals surface area contributed by atoms with E-state index in [1.54, 1.807) is 0 Å². The SMILES string of the molecule is NCCc1cnn(C2CCC2)c1N. The van der Waals surface area contributed by atoms with E-state index >= 15 is 0 Å². The Labute approximate surface area is 77.9 Å². The molecule has 1 heterocycles. The van der Waals surface area contributed by atoms with Gasteiger partial charge >= 0.3 is 0 Å². The van der Waals surface area contributed by atoms with E-state index in [0.29, 0.717) is 12.6 Å². The minimum atomic E-state index is 0.548. The zero-order valence-corrected chi connectivity index (χ0v) is 7.74. The maximum Gasteiger partial charge on any atom is 0.125 e. The van der Waals surface area contributed by atoms with Crippen molar-refractivity contribution in [2.45, 2.75) is 31.7 Å². The van der Waals surface area contributed by atoms with Crippen LogP contribution < -0.4 is 11.5 Å². The van der Waals surface area contributed by atoms with Gasteiger partial charge in [0.05, 0.1) is 12.2 Å². The number of hydrogen-bond donors (Lipinski definition) is 2. The van der Waals surface area contributed by atoms with E-state index in [-0.39, 0.29) is 0 Å². The Morgan fingerprint density at radius 2 is 2.31 bits per heavy atom. The molecule has 2 rings (SSSR count). The summed E-state index contributed by atoms with van der Waals surface area (Å²) in [5, 5.41) is 4.29. The number of anilines is 1. The molecule has 0 aromatic carbocycles. The molecule has 0 radical (unpaired) electrons. The Morgan fingerprint density at radius 1 is 1.54 bits per heavy atom. The summed E-state index contributed by atoms with van der Waals surface area (Å²) in [6.45, 7) is 0.639. The van der Waals surface area contributed by atoms with E-state index in [9.17, 15) is 0 Å². The van der Waals surface area contributed by atoms with Gasteiger partial charge in [0.1, 0.15) is 5.82 Å². The van der Waals surface area contributed by atoms with Gasteiger partial charge in [0.25, 0.3) is 0 Å². The van der Waals surface area contributed by atoms with Crippen molar-refractivity contribution >= 4 is 5.82 Å². The highest BCUT2D eigenvalue weighted by atomic mass is 15.3. The number of nitrogens with zero attached hydrogens (tertiary/aromatic N) is 2. The highest BCUT2D eigenvalue weighted by Gasteiger charge is 2.22. The molecule has 0 amide bonds. The fourth-order valence-electron chi connectivity index (χ4n) is 1.68. The van der Waals surface area contributed by atoms with E-state index in [1.807, 2.05) is 10.9 Å². The van der Waals surface area contributed by atoms with Gasteiger partial charge in [-0.25, -0.2) is 4.68 Å². The summed E-state index contributed by atoms with van der Waals surface area (Å²) in [5.74, 6) is 0.815. The average Bonchev–Trinajstić information content (AvgIpc) is 2.34. The smallest absolute Gasteiger partial charge is 0.125 e. The van der Waals surface area contributed by atoms with Crippen LogP contribution in [0.4, 0.5) is 5.82 Å². The Morgan fingerprint density at radius 3 is 2.85 bits per heavy atom. The molecule has 0 aliphatic heterocycles. The maximum atomic E-state index is 5.94. The van der Waals surface area contributed by atoms with Crippen molar-refractivity contribution in [3.05, 3.63) is 11.8 Å². The Kier molecular flexibility index (Phi) is 2.22. The fraction of sp³-hybridized carbons (Fsp3) is 0.667. The van der Waals surface area contributed by atoms with Crippen LogP contribution >= 0.6 is 0 Å². The lowest BCUT2D eigenvalue weighted by atomic mass is 9.93. The summed E-state index contributed by atoms with van der Waals surface area (Å²) in [4.78, 5) is 0. The van der Waals surface area contributed by atoms with Crippen molar-refractivity contribution < 1.29 is 0 Å². The molecular formula is C9H16N4. The van der Waals surface area contributed by atoms with Crippen molar-refractivity contribution in [2.75, 3.05) is 12.3 Å². The summed E-state index contributed by atoms with van der Waals surface area (Å²) < 4.78 is 1.95. The average molecular weight is 180 g/mol. The molecule has 4 heteroatoms. The third kappa shape index (κ3) is 1.42. The second-order valence-electron chi connectivity index (χ2n) is 3.62. The van der Waals surface area contributed by atoms with Crippen LogP contribution in [0.2, 0.25) is 0 Å². The van der Waals surface area contributed by atoms with E-state index in [2.05, 4.69) is 5.10 Å². The third-order valence-electron chi connectivity index (χ3n) is 2.75. The number of hydrogen-bond acceptors (Lipinski definition) is 3. The molecule has 1 aromatic rings. The highest BCUT2D eigenvalue weighted by molar-refractivity contribution is 5.39. The normalized spacial score (nSPS) is 17.3. The third-order valence-corrected chi connectivity index (χ3v) is 2.75. The van der Waals surface area contributed by atoms with Crippen LogP contribution in [0.5, 0.6) is 0 Å². The summed E-state index contributed by atoms with van der Waals surface area (Å²) in [7, 11) is 0. The Balaban J connectivity index is 2.17. The molecular weight excluding hydrogens is 164 g/mol. The van der Waals surface area contributed by atoms with Gasteiger partial charge < -0.3 is 11.5 Å². The molecule has 0 atom stereocenters. The predicted octanol–water partition coefficient (Wildman–Crippen LogP) is 0.691. The van der Waals surface area contributed by atoms with Gasteiger partial charge in [-0.2, -0.15) is 5.10 Å². The minimum Gasteiger partial charge on any atom is -0.384 e. The second kappa shape index (κ2) is 3.38. The van der Waals surface area contributed by atoms with Gasteiger partial charge in [0.2, 0.25) is 0 Å². The first-order chi connectivity index (χ1) is 6.33. The quantitative estimate of drug-likeness (QED) is 0.719. The molecule has 1 saturated carbocycles. The summed E-state index contributed by atoms with van der Waals surface area (Å²) in [6, 6.07) is 0.548. The lowest BCUT2D eigenvalue weighted by Gasteiger charge is -2.26. The lowest BCUT2D eigenvalue weighted by Crippen LogP contribution is -2.20. The largest absolute Gasteiger partial charge is 0.384 e. The number of rotatable bonds is 3. The van der Waals surface area contributed by atoms with Crippen LogP contribution in [0.15, 0.2) is 6.20 Å². The van der Waals surface area contributed by atoms with Crippen LogP contribution in [0, 0.1) is 0 Å². The molecule has 1 aromatic heterocycles. The molecule has 1 aliphatic carbocycles. The molecule has 0 spiro atoms. The molecule has 72 valence electrons. The molecule has 1 fully saturated rings. The zero-order valence-electron chi connectivity index (χ0n) is 7.74. The van der Waals surface area contributed by atoms with E-state index < -0.39 is 0 Å². The molecule has 1 aliphatic rings. The molecule has 0 saturated heterocycles. The highest BCUT2D eigenvalue weighted by Crippen LogP contribution is 2.33. The van der Waals surface area contributed by atoms with E-state index in [1.165, 1.54) is 19.3 Å². The van der Waals surface area contributed by atoms with Crippen molar-refractivity contribution in [3.8, 4) is 0 Å². The summed E-state index contributed by atoms with van der Waals surface area (Å²) in [5.41, 5.74) is 12.5. The van der Waals surface area contributed by atoms with E-state index in [0.717, 1.165) is 17.8 Å². The van der Waals surface area contributed by atoms with Crippen LogP contribution in [-0.2, 0) is 6.42 Å². The molecule has 4 N–H and O–H groups in total. The zero-order chi connectivity index (χ0) is 9.26. The maximum absolute atomic E-state index is 5.94. The van der Waals surface area contributed by atoms with Crippen molar-refractivity contribution in [3.63, 3.8) is 0 Å². The first-order valence-electron chi connectivity index (χ1n) is 4.85. The minimum absolute atomic E-state index is 0.548. The number of aromatic nitrogens is 2. The van der Waals surface area contributed by atoms with Crippen molar-refractivity contribution in [1.29, 1.82) is 0 Å². The first-order valence-corrected chi connectivity index (χ1v) is 4.85. The van der Waals surface area contributed by atoms with Gasteiger partial charge in [0.15, 0.2) is 0 Å². The van der Waals surface area contributed by atoms with Gasteiger partial charge in [-0.1, -0.05) is 0 Å². The van der Waals surface area contributed by atoms with Crippen LogP contribution in [0.1, 0.15) is 30.9 Å². The fourth-order valence-corrected chi connectivity index (χ4v) is 1.68. The van der Waals surface area contributed by atoms with Crippen LogP contribution in [0.3, 0.4) is 0 Å². The van der Waals surface area contributed by atoms with Crippen molar-refractivity contribution in [1.82, 2.24) is 9.78 Å². The van der Waals surface area contributed by atoms with Gasteiger partial charge in [-0.05, 0) is 32.2 Å². The second-order valence-corrected chi connectivity index (χ2v) is 3.62. The van der Waals surface area contributed by atoms with Gasteiger partial charge in [0, 0.05) is 5.56 Å². The topological polar surface area (TPSA) is 69.9 Å². The Bertz CT molecular complexity index is 288. The number of nitrogen functional groups attached to an aromatic ring is 1. The molecule has 0 unspecified atom stereocenters. The van der Waals surface area contributed by atoms with E-state index in [4.69, 9.17) is 11.5 Å². The predicted molar refractivity (Wildman–Crippen MR) is 52.3 cm³/mol. The number of nitrogens with two attached hydrogens (primary N) is 2. The standard InChI is InChI=1S/C9H16N4/c10-5-4-7-6-12-13(9(7)11)8-2-1-3-8/h6,8H,1-5,10-11H2. The van der Waals surface area contributed by atoms with Gasteiger partial charge in [-0.15, -0.1) is 0 Å².